The predicted molar refractivity (Wildman–Crippen MR) is 99.9 cm³/mol. The lowest BCUT2D eigenvalue weighted by Crippen LogP contribution is -2.34. The number of carbonyl (C=O) groups is 2. The largest absolute Gasteiger partial charge is 0.303 e. The molecule has 0 aliphatic carbocycles. The summed E-state index contributed by atoms with van der Waals surface area (Å²) < 4.78 is 0. The first-order valence-electron chi connectivity index (χ1n) is 8.86. The summed E-state index contributed by atoms with van der Waals surface area (Å²) in [5, 5.41) is 0. The number of hydrogen-bond donors (Lipinski definition) is 0. The van der Waals surface area contributed by atoms with Gasteiger partial charge in [0.2, 0.25) is 0 Å². The van der Waals surface area contributed by atoms with Gasteiger partial charge in [-0.2, -0.15) is 0 Å². The SMILES string of the molecule is CCCCN(CCCC)CCCN1C(=O)c2ccccc2C1=O.Cl. The molecule has 0 radical (unpaired) electrons. The van der Waals surface area contributed by atoms with Crippen molar-refractivity contribution in [3.8, 4) is 0 Å². The van der Waals surface area contributed by atoms with Gasteiger partial charge in [0.05, 0.1) is 11.1 Å². The van der Waals surface area contributed by atoms with Crippen LogP contribution in [0.1, 0.15) is 66.7 Å². The third-order valence-electron chi connectivity index (χ3n) is 4.39. The second kappa shape index (κ2) is 10.5. The third-order valence-corrected chi connectivity index (χ3v) is 4.39. The van der Waals surface area contributed by atoms with Crippen LogP contribution in [-0.2, 0) is 0 Å². The maximum absolute atomic E-state index is 12.3. The summed E-state index contributed by atoms with van der Waals surface area (Å²) in [5.74, 6) is -0.279. The van der Waals surface area contributed by atoms with Crippen molar-refractivity contribution >= 4 is 24.2 Å². The molecule has 0 atom stereocenters. The van der Waals surface area contributed by atoms with E-state index in [9.17, 15) is 9.59 Å². The van der Waals surface area contributed by atoms with Crippen molar-refractivity contribution < 1.29 is 9.59 Å². The number of halogens is 1. The van der Waals surface area contributed by atoms with Crippen molar-refractivity contribution in [2.24, 2.45) is 0 Å². The summed E-state index contributed by atoms with van der Waals surface area (Å²) in [6, 6.07) is 7.10. The average Bonchev–Trinajstić information content (AvgIpc) is 2.82. The van der Waals surface area contributed by atoms with Crippen LogP contribution in [0, 0.1) is 0 Å². The Bertz CT molecular complexity index is 505. The summed E-state index contributed by atoms with van der Waals surface area (Å²) in [6.45, 7) is 8.10. The lowest BCUT2D eigenvalue weighted by molar-refractivity contribution is 0.0647. The predicted octanol–water partition coefficient (Wildman–Crippen LogP) is 4.00. The summed E-state index contributed by atoms with van der Waals surface area (Å²) >= 11 is 0. The van der Waals surface area contributed by atoms with E-state index in [0.717, 1.165) is 26.1 Å². The van der Waals surface area contributed by atoms with Crippen LogP contribution < -0.4 is 0 Å². The molecule has 0 saturated heterocycles. The van der Waals surface area contributed by atoms with Gasteiger partial charge in [0.25, 0.3) is 11.8 Å². The Balaban J connectivity index is 0.00000288. The highest BCUT2D eigenvalue weighted by molar-refractivity contribution is 6.21. The maximum Gasteiger partial charge on any atom is 0.261 e. The van der Waals surface area contributed by atoms with Gasteiger partial charge in [0, 0.05) is 6.54 Å². The molecule has 1 aromatic rings. The quantitative estimate of drug-likeness (QED) is 0.598. The van der Waals surface area contributed by atoms with E-state index in [2.05, 4.69) is 18.7 Å². The highest BCUT2D eigenvalue weighted by Crippen LogP contribution is 2.22. The number of fused-ring (bicyclic) bond motifs is 1. The molecule has 0 aromatic heterocycles. The lowest BCUT2D eigenvalue weighted by Gasteiger charge is -2.23. The fraction of sp³-hybridized carbons (Fsp3) is 0.579. The molecule has 2 rings (SSSR count). The monoisotopic (exact) mass is 352 g/mol. The van der Waals surface area contributed by atoms with Crippen LogP contribution in [0.15, 0.2) is 24.3 Å². The molecular weight excluding hydrogens is 324 g/mol. The van der Waals surface area contributed by atoms with Crippen molar-refractivity contribution in [1.29, 1.82) is 0 Å². The van der Waals surface area contributed by atoms with Crippen molar-refractivity contribution in [2.75, 3.05) is 26.2 Å². The van der Waals surface area contributed by atoms with Gasteiger partial charge >= 0.3 is 0 Å². The number of carbonyl (C=O) groups excluding carboxylic acids is 2. The Labute approximate surface area is 151 Å². The Morgan fingerprint density at radius 1 is 0.833 bits per heavy atom. The van der Waals surface area contributed by atoms with Crippen LogP contribution in [0.3, 0.4) is 0 Å². The summed E-state index contributed by atoms with van der Waals surface area (Å²) in [4.78, 5) is 28.5. The van der Waals surface area contributed by atoms with E-state index in [1.54, 1.807) is 12.1 Å². The van der Waals surface area contributed by atoms with E-state index in [1.807, 2.05) is 12.1 Å². The summed E-state index contributed by atoms with van der Waals surface area (Å²) in [5.41, 5.74) is 1.10. The second-order valence-corrected chi connectivity index (χ2v) is 6.21. The Kier molecular flexibility index (Phi) is 9.01. The van der Waals surface area contributed by atoms with Crippen molar-refractivity contribution in [1.82, 2.24) is 9.80 Å². The first-order valence-corrected chi connectivity index (χ1v) is 8.86. The van der Waals surface area contributed by atoms with Crippen molar-refractivity contribution in [2.45, 2.75) is 46.0 Å². The van der Waals surface area contributed by atoms with Gasteiger partial charge in [-0.15, -0.1) is 12.4 Å². The Morgan fingerprint density at radius 2 is 1.29 bits per heavy atom. The zero-order chi connectivity index (χ0) is 16.7. The van der Waals surface area contributed by atoms with E-state index >= 15 is 0 Å². The molecular formula is C19H29ClN2O2. The van der Waals surface area contributed by atoms with E-state index in [4.69, 9.17) is 0 Å². The number of benzene rings is 1. The summed E-state index contributed by atoms with van der Waals surface area (Å²) in [6.07, 6.45) is 5.65. The first kappa shape index (κ1) is 20.7. The normalized spacial score (nSPS) is 13.4. The fourth-order valence-corrected chi connectivity index (χ4v) is 2.99. The van der Waals surface area contributed by atoms with Crippen molar-refractivity contribution in [3.05, 3.63) is 35.4 Å². The zero-order valence-electron chi connectivity index (χ0n) is 14.8. The highest BCUT2D eigenvalue weighted by Gasteiger charge is 2.34. The number of rotatable bonds is 10. The van der Waals surface area contributed by atoms with E-state index < -0.39 is 0 Å². The maximum atomic E-state index is 12.3. The minimum atomic E-state index is -0.140. The molecule has 0 N–H and O–H groups in total. The third kappa shape index (κ3) is 5.05. The smallest absolute Gasteiger partial charge is 0.261 e. The molecule has 0 spiro atoms. The van der Waals surface area contributed by atoms with E-state index in [0.29, 0.717) is 17.7 Å². The van der Waals surface area contributed by atoms with Gasteiger partial charge in [0.1, 0.15) is 0 Å². The second-order valence-electron chi connectivity index (χ2n) is 6.21. The minimum Gasteiger partial charge on any atom is -0.303 e. The Morgan fingerprint density at radius 3 is 1.75 bits per heavy atom. The van der Waals surface area contributed by atoms with Gasteiger partial charge in [-0.3, -0.25) is 14.5 Å². The molecule has 134 valence electrons. The molecule has 0 saturated carbocycles. The van der Waals surface area contributed by atoms with E-state index in [-0.39, 0.29) is 24.2 Å². The molecule has 1 heterocycles. The zero-order valence-corrected chi connectivity index (χ0v) is 15.6. The molecule has 1 aromatic carbocycles. The summed E-state index contributed by atoms with van der Waals surface area (Å²) in [7, 11) is 0. The molecule has 24 heavy (non-hydrogen) atoms. The van der Waals surface area contributed by atoms with E-state index in [1.165, 1.54) is 30.6 Å². The fourth-order valence-electron chi connectivity index (χ4n) is 2.99. The van der Waals surface area contributed by atoms with Gasteiger partial charge in [-0.1, -0.05) is 38.8 Å². The van der Waals surface area contributed by atoms with Crippen LogP contribution in [0.25, 0.3) is 0 Å². The van der Waals surface area contributed by atoms with Crippen LogP contribution in [0.5, 0.6) is 0 Å². The first-order chi connectivity index (χ1) is 11.2. The van der Waals surface area contributed by atoms with Gasteiger partial charge < -0.3 is 4.90 Å². The molecule has 1 aliphatic rings. The van der Waals surface area contributed by atoms with Gasteiger partial charge in [-0.25, -0.2) is 0 Å². The van der Waals surface area contributed by atoms with Crippen molar-refractivity contribution in [3.63, 3.8) is 0 Å². The number of nitrogens with zero attached hydrogens (tertiary/aromatic N) is 2. The molecule has 4 nitrogen and oxygen atoms in total. The topological polar surface area (TPSA) is 40.6 Å². The van der Waals surface area contributed by atoms with Crippen LogP contribution >= 0.6 is 12.4 Å². The molecule has 0 bridgehead atoms. The molecule has 5 heteroatoms. The average molecular weight is 353 g/mol. The standard InChI is InChI=1S/C19H28N2O2.ClH/c1-3-5-12-20(13-6-4-2)14-9-15-21-18(22)16-10-7-8-11-17(16)19(21)23;/h7-8,10-11H,3-6,9,12-15H2,1-2H3;1H. The number of imide groups is 1. The van der Waals surface area contributed by atoms with Crippen LogP contribution in [0.2, 0.25) is 0 Å². The van der Waals surface area contributed by atoms with Gasteiger partial charge in [-0.05, 0) is 51.0 Å². The van der Waals surface area contributed by atoms with Crippen LogP contribution in [0.4, 0.5) is 0 Å². The van der Waals surface area contributed by atoms with Crippen LogP contribution in [-0.4, -0.2) is 47.8 Å². The highest BCUT2D eigenvalue weighted by atomic mass is 35.5. The lowest BCUT2D eigenvalue weighted by atomic mass is 10.1. The molecule has 1 aliphatic heterocycles. The number of hydrogen-bond acceptors (Lipinski definition) is 3. The molecule has 0 fully saturated rings. The Hall–Kier alpha value is -1.39. The molecule has 2 amide bonds. The minimum absolute atomic E-state index is 0. The van der Waals surface area contributed by atoms with Gasteiger partial charge in [0.15, 0.2) is 0 Å². The number of amides is 2. The number of unbranched alkanes of at least 4 members (excludes halogenated alkanes) is 2. The molecule has 0 unspecified atom stereocenters.